The molecule has 0 atom stereocenters. The monoisotopic (exact) mass is 242 g/mol. The van der Waals surface area contributed by atoms with Gasteiger partial charge in [-0.15, -0.1) is 12.4 Å². The Morgan fingerprint density at radius 1 is 1.31 bits per heavy atom. The lowest BCUT2D eigenvalue weighted by Gasteiger charge is -2.15. The van der Waals surface area contributed by atoms with Crippen molar-refractivity contribution in [3.05, 3.63) is 35.1 Å². The number of rotatable bonds is 0. The van der Waals surface area contributed by atoms with Gasteiger partial charge in [0.25, 0.3) is 6.02 Å². The fourth-order valence-electron chi connectivity index (χ4n) is 2.03. The smallest absolute Gasteiger partial charge is 0.288 e. The van der Waals surface area contributed by atoms with Crippen LogP contribution in [-0.4, -0.2) is 24.1 Å². The number of hydrogen-bond acceptors (Lipinski definition) is 3. The van der Waals surface area contributed by atoms with Crippen LogP contribution >= 0.6 is 12.4 Å². The summed E-state index contributed by atoms with van der Waals surface area (Å²) in [6.07, 6.45) is 0. The number of halogens is 2. The van der Waals surface area contributed by atoms with Gasteiger partial charge >= 0.3 is 0 Å². The van der Waals surface area contributed by atoms with Crippen LogP contribution in [0.2, 0.25) is 0 Å². The number of amidine groups is 1. The molecule has 86 valence electrons. The van der Waals surface area contributed by atoms with Crippen molar-refractivity contribution in [3.8, 4) is 0 Å². The minimum atomic E-state index is -0.131. The van der Waals surface area contributed by atoms with Crippen molar-refractivity contribution >= 4 is 18.4 Å². The maximum absolute atomic E-state index is 13.4. The lowest BCUT2D eigenvalue weighted by atomic mass is 10.1. The van der Waals surface area contributed by atoms with E-state index in [0.717, 1.165) is 11.1 Å². The molecule has 0 saturated heterocycles. The van der Waals surface area contributed by atoms with Gasteiger partial charge in [-0.3, -0.25) is 0 Å². The topological polar surface area (TPSA) is 24.8 Å². The van der Waals surface area contributed by atoms with E-state index in [9.17, 15) is 4.39 Å². The van der Waals surface area contributed by atoms with E-state index in [1.165, 1.54) is 6.07 Å². The van der Waals surface area contributed by atoms with Crippen molar-refractivity contribution in [1.82, 2.24) is 4.90 Å². The number of benzene rings is 1. The SMILES string of the molecule is Cl.Fc1cccc2c1CN(C1=NCCO1)C2. The molecule has 0 amide bonds. The summed E-state index contributed by atoms with van der Waals surface area (Å²) in [5, 5.41) is 0. The predicted molar refractivity (Wildman–Crippen MR) is 61.1 cm³/mol. The first-order valence-electron chi connectivity index (χ1n) is 5.03. The molecule has 0 bridgehead atoms. The maximum Gasteiger partial charge on any atom is 0.288 e. The Bertz CT molecular complexity index is 436. The highest BCUT2D eigenvalue weighted by Gasteiger charge is 2.26. The molecule has 0 aromatic heterocycles. The molecule has 2 aliphatic rings. The van der Waals surface area contributed by atoms with E-state index in [1.54, 1.807) is 6.07 Å². The Morgan fingerprint density at radius 2 is 2.19 bits per heavy atom. The van der Waals surface area contributed by atoms with Crippen LogP contribution in [0, 0.1) is 5.82 Å². The first-order chi connectivity index (χ1) is 7.34. The summed E-state index contributed by atoms with van der Waals surface area (Å²) in [6.45, 7) is 2.63. The summed E-state index contributed by atoms with van der Waals surface area (Å²) in [4.78, 5) is 6.20. The lowest BCUT2D eigenvalue weighted by Crippen LogP contribution is -2.25. The van der Waals surface area contributed by atoms with Crippen molar-refractivity contribution in [2.24, 2.45) is 4.99 Å². The Hall–Kier alpha value is -1.29. The van der Waals surface area contributed by atoms with Gasteiger partial charge in [-0.2, -0.15) is 0 Å². The zero-order chi connectivity index (χ0) is 10.3. The number of aliphatic imine (C=N–C) groups is 1. The summed E-state index contributed by atoms with van der Waals surface area (Å²) >= 11 is 0. The molecule has 0 radical (unpaired) electrons. The Morgan fingerprint density at radius 3 is 2.88 bits per heavy atom. The third kappa shape index (κ3) is 1.73. The van der Waals surface area contributed by atoms with Crippen LogP contribution < -0.4 is 0 Å². The summed E-state index contributed by atoms with van der Waals surface area (Å²) in [6, 6.07) is 5.85. The molecule has 2 heterocycles. The molecule has 0 N–H and O–H groups in total. The van der Waals surface area contributed by atoms with Crippen molar-refractivity contribution < 1.29 is 9.13 Å². The van der Waals surface area contributed by atoms with Crippen LogP contribution in [0.4, 0.5) is 4.39 Å². The first-order valence-corrected chi connectivity index (χ1v) is 5.03. The Kier molecular flexibility index (Phi) is 3.01. The molecule has 16 heavy (non-hydrogen) atoms. The fraction of sp³-hybridized carbons (Fsp3) is 0.364. The number of fused-ring (bicyclic) bond motifs is 1. The minimum Gasteiger partial charge on any atom is -0.463 e. The molecule has 3 nitrogen and oxygen atoms in total. The summed E-state index contributed by atoms with van der Waals surface area (Å²) in [5.74, 6) is -0.131. The van der Waals surface area contributed by atoms with Gasteiger partial charge in [0.15, 0.2) is 0 Å². The maximum atomic E-state index is 13.4. The zero-order valence-corrected chi connectivity index (χ0v) is 9.47. The quantitative estimate of drug-likeness (QED) is 0.695. The largest absolute Gasteiger partial charge is 0.463 e. The van der Waals surface area contributed by atoms with Crippen molar-refractivity contribution in [3.63, 3.8) is 0 Å². The summed E-state index contributed by atoms with van der Waals surface area (Å²) in [7, 11) is 0. The second-order valence-electron chi connectivity index (χ2n) is 3.75. The van der Waals surface area contributed by atoms with Gasteiger partial charge in [0, 0.05) is 12.1 Å². The van der Waals surface area contributed by atoms with Crippen LogP contribution in [0.5, 0.6) is 0 Å². The number of nitrogens with zero attached hydrogens (tertiary/aromatic N) is 2. The van der Waals surface area contributed by atoms with E-state index in [-0.39, 0.29) is 18.2 Å². The first kappa shape index (κ1) is 11.2. The van der Waals surface area contributed by atoms with E-state index in [2.05, 4.69) is 4.99 Å². The molecule has 1 aromatic carbocycles. The molecule has 3 rings (SSSR count). The van der Waals surface area contributed by atoms with E-state index >= 15 is 0 Å². The summed E-state index contributed by atoms with van der Waals surface area (Å²) in [5.41, 5.74) is 1.81. The second-order valence-corrected chi connectivity index (χ2v) is 3.75. The molecule has 0 aliphatic carbocycles. The molecular formula is C11H12ClFN2O. The molecule has 5 heteroatoms. The zero-order valence-electron chi connectivity index (χ0n) is 8.65. The van der Waals surface area contributed by atoms with Crippen LogP contribution in [-0.2, 0) is 17.8 Å². The van der Waals surface area contributed by atoms with Gasteiger partial charge in [0.05, 0.1) is 13.1 Å². The molecule has 2 aliphatic heterocycles. The average molecular weight is 243 g/mol. The summed E-state index contributed by atoms with van der Waals surface area (Å²) < 4.78 is 18.8. The number of hydrogen-bond donors (Lipinski definition) is 0. The highest BCUT2D eigenvalue weighted by atomic mass is 35.5. The molecule has 0 unspecified atom stereocenters. The van der Waals surface area contributed by atoms with E-state index in [0.29, 0.717) is 32.3 Å². The number of ether oxygens (including phenoxy) is 1. The minimum absolute atomic E-state index is 0. The van der Waals surface area contributed by atoms with Gasteiger partial charge in [0.1, 0.15) is 12.4 Å². The van der Waals surface area contributed by atoms with Gasteiger partial charge in [0.2, 0.25) is 0 Å². The van der Waals surface area contributed by atoms with Gasteiger partial charge in [-0.1, -0.05) is 12.1 Å². The van der Waals surface area contributed by atoms with Crippen molar-refractivity contribution in [2.75, 3.05) is 13.2 Å². The average Bonchev–Trinajstić information content (AvgIpc) is 2.86. The molecule has 0 saturated carbocycles. The predicted octanol–water partition coefficient (Wildman–Crippen LogP) is 1.95. The van der Waals surface area contributed by atoms with Crippen LogP contribution in [0.25, 0.3) is 0 Å². The van der Waals surface area contributed by atoms with Crippen LogP contribution in [0.3, 0.4) is 0 Å². The molecular weight excluding hydrogens is 231 g/mol. The van der Waals surface area contributed by atoms with Gasteiger partial charge < -0.3 is 9.64 Å². The van der Waals surface area contributed by atoms with E-state index in [1.807, 2.05) is 11.0 Å². The van der Waals surface area contributed by atoms with Crippen LogP contribution in [0.15, 0.2) is 23.2 Å². The third-order valence-electron chi connectivity index (χ3n) is 2.77. The highest BCUT2D eigenvalue weighted by Crippen LogP contribution is 2.25. The third-order valence-corrected chi connectivity index (χ3v) is 2.77. The highest BCUT2D eigenvalue weighted by molar-refractivity contribution is 5.85. The fourth-order valence-corrected chi connectivity index (χ4v) is 2.03. The van der Waals surface area contributed by atoms with Crippen molar-refractivity contribution in [2.45, 2.75) is 13.1 Å². The normalized spacial score (nSPS) is 17.6. The van der Waals surface area contributed by atoms with Gasteiger partial charge in [-0.25, -0.2) is 9.38 Å². The van der Waals surface area contributed by atoms with Crippen molar-refractivity contribution in [1.29, 1.82) is 0 Å². The van der Waals surface area contributed by atoms with E-state index in [4.69, 9.17) is 4.74 Å². The second kappa shape index (κ2) is 4.29. The lowest BCUT2D eigenvalue weighted by molar-refractivity contribution is 0.264. The van der Waals surface area contributed by atoms with Gasteiger partial charge in [-0.05, 0) is 11.6 Å². The Labute approximate surface area is 99.3 Å². The molecule has 1 aromatic rings. The van der Waals surface area contributed by atoms with E-state index < -0.39 is 0 Å². The molecule has 0 spiro atoms. The standard InChI is InChI=1S/C11H11FN2O.ClH/c12-10-3-1-2-8-6-14(7-9(8)10)11-13-4-5-15-11;/h1-3H,4-7H2;1H. The molecule has 0 fully saturated rings. The van der Waals surface area contributed by atoms with Crippen LogP contribution in [0.1, 0.15) is 11.1 Å². The Balaban J connectivity index is 0.000000963.